The van der Waals surface area contributed by atoms with Gasteiger partial charge in [0.25, 0.3) is 0 Å². The van der Waals surface area contributed by atoms with Crippen molar-refractivity contribution in [3.8, 4) is 11.4 Å². The van der Waals surface area contributed by atoms with Crippen molar-refractivity contribution in [2.45, 2.75) is 32.2 Å². The largest absolute Gasteiger partial charge is 0.324 e. The highest BCUT2D eigenvalue weighted by Gasteiger charge is 2.22. The number of hydrogen-bond donors (Lipinski definition) is 1. The van der Waals surface area contributed by atoms with Crippen LogP contribution in [0.15, 0.2) is 47.4 Å². The van der Waals surface area contributed by atoms with Gasteiger partial charge in [0, 0.05) is 24.3 Å². The number of aryl methyl sites for hydroxylation is 1. The lowest BCUT2D eigenvalue weighted by molar-refractivity contribution is -0.117. The molecule has 1 heterocycles. The highest BCUT2D eigenvalue weighted by Crippen LogP contribution is 2.20. The number of rotatable bonds is 8. The molecule has 3 rings (SSSR count). The van der Waals surface area contributed by atoms with Crippen LogP contribution < -0.4 is 5.32 Å². The van der Waals surface area contributed by atoms with E-state index >= 15 is 0 Å². The van der Waals surface area contributed by atoms with Crippen LogP contribution in [0.5, 0.6) is 0 Å². The van der Waals surface area contributed by atoms with Crippen molar-refractivity contribution in [2.24, 2.45) is 0 Å². The van der Waals surface area contributed by atoms with Crippen LogP contribution in [0.1, 0.15) is 19.4 Å². The topological polar surface area (TPSA) is 110 Å². The third kappa shape index (κ3) is 5.12. The minimum atomic E-state index is -3.64. The number of aromatic nitrogens is 4. The lowest BCUT2D eigenvalue weighted by Crippen LogP contribution is -2.30. The van der Waals surface area contributed by atoms with Gasteiger partial charge < -0.3 is 5.32 Å². The van der Waals surface area contributed by atoms with Gasteiger partial charge in [-0.1, -0.05) is 19.9 Å². The number of carbonyl (C=O) groups excluding carboxylic acids is 1. The van der Waals surface area contributed by atoms with E-state index in [0.29, 0.717) is 29.9 Å². The zero-order chi connectivity index (χ0) is 22.6. The number of amides is 1. The predicted octanol–water partition coefficient (Wildman–Crippen LogP) is 2.46. The zero-order valence-electron chi connectivity index (χ0n) is 17.4. The van der Waals surface area contributed by atoms with E-state index < -0.39 is 15.9 Å². The van der Waals surface area contributed by atoms with E-state index in [1.165, 1.54) is 28.6 Å². The summed E-state index contributed by atoms with van der Waals surface area (Å²) in [6.45, 7) is 5.64. The SMILES string of the molecule is CCN(CC)S(=O)(=O)c1cccc(NC(=O)Cn2nnc(-c3ccc(F)c(C)c3)n2)c1. The van der Waals surface area contributed by atoms with Gasteiger partial charge in [-0.05, 0) is 54.1 Å². The van der Waals surface area contributed by atoms with Crippen LogP contribution in [-0.2, 0) is 21.4 Å². The van der Waals surface area contributed by atoms with Gasteiger partial charge in [0.05, 0.1) is 4.90 Å². The van der Waals surface area contributed by atoms with Crippen LogP contribution in [-0.4, -0.2) is 51.9 Å². The van der Waals surface area contributed by atoms with Crippen LogP contribution in [0.2, 0.25) is 0 Å². The molecule has 0 radical (unpaired) electrons. The number of halogens is 1. The summed E-state index contributed by atoms with van der Waals surface area (Å²) < 4.78 is 40.1. The molecule has 9 nitrogen and oxygen atoms in total. The molecule has 1 N–H and O–H groups in total. The van der Waals surface area contributed by atoms with Crippen LogP contribution in [0.3, 0.4) is 0 Å². The number of anilines is 1. The molecule has 0 spiro atoms. The second-order valence-electron chi connectivity index (χ2n) is 6.77. The number of carbonyl (C=O) groups is 1. The molecular weight excluding hydrogens is 423 g/mol. The van der Waals surface area contributed by atoms with E-state index in [9.17, 15) is 17.6 Å². The molecular formula is C20H23FN6O3S. The minimum absolute atomic E-state index is 0.0989. The fraction of sp³-hybridized carbons (Fsp3) is 0.300. The van der Waals surface area contributed by atoms with Crippen molar-refractivity contribution in [1.29, 1.82) is 0 Å². The van der Waals surface area contributed by atoms with Crippen molar-refractivity contribution in [3.63, 3.8) is 0 Å². The van der Waals surface area contributed by atoms with E-state index in [2.05, 4.69) is 20.7 Å². The Bertz CT molecular complexity index is 1190. The smallest absolute Gasteiger partial charge is 0.248 e. The molecule has 0 fully saturated rings. The molecule has 11 heteroatoms. The van der Waals surface area contributed by atoms with Gasteiger partial charge in [-0.2, -0.15) is 9.10 Å². The van der Waals surface area contributed by atoms with Crippen molar-refractivity contribution in [3.05, 3.63) is 53.8 Å². The summed E-state index contributed by atoms with van der Waals surface area (Å²) in [5.74, 6) is -0.513. The van der Waals surface area contributed by atoms with Crippen LogP contribution >= 0.6 is 0 Å². The number of sulfonamides is 1. The summed E-state index contributed by atoms with van der Waals surface area (Å²) in [5, 5.41) is 14.5. The summed E-state index contributed by atoms with van der Waals surface area (Å²) in [6.07, 6.45) is 0. The van der Waals surface area contributed by atoms with E-state index in [0.717, 1.165) is 4.80 Å². The standard InChI is InChI=1S/C20H23FN6O3S/c1-4-26(5-2)31(29,30)17-8-6-7-16(12-17)22-19(28)13-27-24-20(23-25-27)15-9-10-18(21)14(3)11-15/h6-12H,4-5,13H2,1-3H3,(H,22,28). The van der Waals surface area contributed by atoms with E-state index in [1.54, 1.807) is 39.0 Å². The van der Waals surface area contributed by atoms with Crippen molar-refractivity contribution >= 4 is 21.6 Å². The molecule has 164 valence electrons. The molecule has 1 aromatic heterocycles. The first-order valence-electron chi connectivity index (χ1n) is 9.69. The number of benzene rings is 2. The highest BCUT2D eigenvalue weighted by molar-refractivity contribution is 7.89. The van der Waals surface area contributed by atoms with Gasteiger partial charge in [-0.3, -0.25) is 4.79 Å². The lowest BCUT2D eigenvalue weighted by atomic mass is 10.1. The van der Waals surface area contributed by atoms with Crippen molar-refractivity contribution in [2.75, 3.05) is 18.4 Å². The molecule has 1 amide bonds. The van der Waals surface area contributed by atoms with E-state index in [4.69, 9.17) is 0 Å². The molecule has 0 unspecified atom stereocenters. The van der Waals surface area contributed by atoms with Gasteiger partial charge in [0.15, 0.2) is 0 Å². The van der Waals surface area contributed by atoms with E-state index in [-0.39, 0.29) is 23.1 Å². The highest BCUT2D eigenvalue weighted by atomic mass is 32.2. The zero-order valence-corrected chi connectivity index (χ0v) is 18.2. The number of hydrogen-bond acceptors (Lipinski definition) is 6. The molecule has 0 saturated carbocycles. The molecule has 0 aliphatic carbocycles. The second kappa shape index (κ2) is 9.31. The predicted molar refractivity (Wildman–Crippen MR) is 113 cm³/mol. The van der Waals surface area contributed by atoms with Crippen LogP contribution in [0, 0.1) is 12.7 Å². The molecule has 0 aliphatic heterocycles. The van der Waals surface area contributed by atoms with E-state index in [1.807, 2.05) is 0 Å². The first-order valence-corrected chi connectivity index (χ1v) is 11.1. The molecule has 31 heavy (non-hydrogen) atoms. The van der Waals surface area contributed by atoms with Crippen LogP contribution in [0.4, 0.5) is 10.1 Å². The fourth-order valence-corrected chi connectivity index (χ4v) is 4.49. The quantitative estimate of drug-likeness (QED) is 0.569. The summed E-state index contributed by atoms with van der Waals surface area (Å²) in [6, 6.07) is 10.5. The summed E-state index contributed by atoms with van der Waals surface area (Å²) in [4.78, 5) is 13.6. The van der Waals surface area contributed by atoms with Gasteiger partial charge in [0.2, 0.25) is 21.8 Å². The number of tetrazole rings is 1. The van der Waals surface area contributed by atoms with Gasteiger partial charge in [0.1, 0.15) is 12.4 Å². The normalized spacial score (nSPS) is 11.6. The molecule has 3 aromatic rings. The minimum Gasteiger partial charge on any atom is -0.324 e. The molecule has 0 atom stereocenters. The van der Waals surface area contributed by atoms with Gasteiger partial charge >= 0.3 is 0 Å². The summed E-state index contributed by atoms with van der Waals surface area (Å²) in [5.41, 5.74) is 1.37. The third-order valence-corrected chi connectivity index (χ3v) is 6.66. The third-order valence-electron chi connectivity index (χ3n) is 4.61. The molecule has 0 bridgehead atoms. The number of nitrogens with one attached hydrogen (secondary N) is 1. The Morgan fingerprint density at radius 2 is 1.90 bits per heavy atom. The molecule has 2 aromatic carbocycles. The Kier molecular flexibility index (Phi) is 6.76. The molecule has 0 saturated heterocycles. The number of nitrogens with zero attached hydrogens (tertiary/aromatic N) is 5. The first kappa shape index (κ1) is 22.5. The van der Waals surface area contributed by atoms with Crippen LogP contribution in [0.25, 0.3) is 11.4 Å². The van der Waals surface area contributed by atoms with Crippen molar-refractivity contribution < 1.29 is 17.6 Å². The summed E-state index contributed by atoms with van der Waals surface area (Å²) in [7, 11) is -3.64. The second-order valence-corrected chi connectivity index (χ2v) is 8.71. The Balaban J connectivity index is 1.71. The van der Waals surface area contributed by atoms with Gasteiger partial charge in [-0.15, -0.1) is 10.2 Å². The van der Waals surface area contributed by atoms with Crippen molar-refractivity contribution in [1.82, 2.24) is 24.5 Å². The Morgan fingerprint density at radius 3 is 2.58 bits per heavy atom. The Hall–Kier alpha value is -3.18. The lowest BCUT2D eigenvalue weighted by Gasteiger charge is -2.18. The first-order chi connectivity index (χ1) is 14.7. The average molecular weight is 447 g/mol. The maximum atomic E-state index is 13.4. The summed E-state index contributed by atoms with van der Waals surface area (Å²) >= 11 is 0. The Morgan fingerprint density at radius 1 is 1.16 bits per heavy atom. The average Bonchev–Trinajstić information content (AvgIpc) is 3.19. The van der Waals surface area contributed by atoms with Gasteiger partial charge in [-0.25, -0.2) is 12.8 Å². The maximum Gasteiger partial charge on any atom is 0.248 e. The Labute approximate surface area is 179 Å². The fourth-order valence-electron chi connectivity index (χ4n) is 2.99. The maximum absolute atomic E-state index is 13.4. The molecule has 0 aliphatic rings. The monoisotopic (exact) mass is 446 g/mol.